The highest BCUT2D eigenvalue weighted by Gasteiger charge is 2.11. The lowest BCUT2D eigenvalue weighted by Crippen LogP contribution is -2.00. The maximum atomic E-state index is 5.82. The topological polar surface area (TPSA) is 53.1 Å². The van der Waals surface area contributed by atoms with Gasteiger partial charge in [-0.25, -0.2) is 4.98 Å². The van der Waals surface area contributed by atoms with Crippen LogP contribution in [0.2, 0.25) is 0 Å². The number of hydrogen-bond acceptors (Lipinski definition) is 3. The van der Waals surface area contributed by atoms with E-state index >= 15 is 0 Å². The van der Waals surface area contributed by atoms with Crippen molar-refractivity contribution in [1.82, 2.24) is 9.55 Å². The molecule has 4 heteroatoms. The van der Waals surface area contributed by atoms with Gasteiger partial charge in [0.05, 0.1) is 23.8 Å². The van der Waals surface area contributed by atoms with Crippen molar-refractivity contribution in [2.45, 2.75) is 13.8 Å². The second-order valence-corrected chi connectivity index (χ2v) is 4.89. The van der Waals surface area contributed by atoms with Gasteiger partial charge in [-0.15, -0.1) is 0 Å². The van der Waals surface area contributed by atoms with Gasteiger partial charge >= 0.3 is 0 Å². The van der Waals surface area contributed by atoms with E-state index in [1.54, 1.807) is 7.11 Å². The molecule has 0 aliphatic carbocycles. The number of imidazole rings is 1. The maximum Gasteiger partial charge on any atom is 0.119 e. The van der Waals surface area contributed by atoms with E-state index in [9.17, 15) is 0 Å². The Balaban J connectivity index is 2.26. The maximum absolute atomic E-state index is 5.82. The molecule has 0 radical (unpaired) electrons. The zero-order valence-corrected chi connectivity index (χ0v) is 11.8. The molecule has 0 bridgehead atoms. The summed E-state index contributed by atoms with van der Waals surface area (Å²) in [6.45, 7) is 4.07. The van der Waals surface area contributed by atoms with Crippen molar-refractivity contribution < 1.29 is 4.74 Å². The van der Waals surface area contributed by atoms with Gasteiger partial charge in [0.15, 0.2) is 0 Å². The summed E-state index contributed by atoms with van der Waals surface area (Å²) < 4.78 is 7.40. The molecule has 2 aromatic carbocycles. The summed E-state index contributed by atoms with van der Waals surface area (Å²) in [6, 6.07) is 11.9. The number of fused-ring (bicyclic) bond motifs is 1. The lowest BCUT2D eigenvalue weighted by atomic mass is 10.1. The number of nitrogens with two attached hydrogens (primary N) is 1. The number of rotatable bonds is 2. The van der Waals surface area contributed by atoms with E-state index in [4.69, 9.17) is 10.5 Å². The van der Waals surface area contributed by atoms with Crippen molar-refractivity contribution in [3.8, 4) is 11.4 Å². The quantitative estimate of drug-likeness (QED) is 0.725. The first-order chi connectivity index (χ1) is 9.60. The summed E-state index contributed by atoms with van der Waals surface area (Å²) in [7, 11) is 1.68. The Kier molecular flexibility index (Phi) is 2.86. The number of nitrogen functional groups attached to an aromatic ring is 1. The standard InChI is InChI=1S/C16H17N3O/c1-10-8-13(20-3)5-7-15(10)19-11(2)18-14-9-12(17)4-6-16(14)19/h4-9H,17H2,1-3H3. The molecule has 0 spiro atoms. The normalized spacial score (nSPS) is 10.9. The van der Waals surface area contributed by atoms with Gasteiger partial charge in [-0.05, 0) is 55.8 Å². The third-order valence-corrected chi connectivity index (χ3v) is 3.49. The molecular formula is C16H17N3O. The Labute approximate surface area is 117 Å². The molecule has 0 atom stereocenters. The molecule has 0 aliphatic rings. The first-order valence-electron chi connectivity index (χ1n) is 6.50. The largest absolute Gasteiger partial charge is 0.497 e. The molecule has 0 saturated heterocycles. The van der Waals surface area contributed by atoms with Gasteiger partial charge in [0.1, 0.15) is 11.6 Å². The van der Waals surface area contributed by atoms with Gasteiger partial charge in [0.25, 0.3) is 0 Å². The average molecular weight is 267 g/mol. The predicted molar refractivity (Wildman–Crippen MR) is 81.5 cm³/mol. The first-order valence-corrected chi connectivity index (χ1v) is 6.50. The monoisotopic (exact) mass is 267 g/mol. The second-order valence-electron chi connectivity index (χ2n) is 4.89. The van der Waals surface area contributed by atoms with Gasteiger partial charge in [-0.1, -0.05) is 0 Å². The third-order valence-electron chi connectivity index (χ3n) is 3.49. The van der Waals surface area contributed by atoms with E-state index < -0.39 is 0 Å². The minimum absolute atomic E-state index is 0.730. The number of nitrogens with zero attached hydrogens (tertiary/aromatic N) is 2. The zero-order valence-electron chi connectivity index (χ0n) is 11.8. The molecule has 0 aliphatic heterocycles. The third kappa shape index (κ3) is 1.90. The van der Waals surface area contributed by atoms with E-state index in [-0.39, 0.29) is 0 Å². The number of aromatic nitrogens is 2. The van der Waals surface area contributed by atoms with Crippen LogP contribution in [0, 0.1) is 13.8 Å². The van der Waals surface area contributed by atoms with E-state index in [1.807, 2.05) is 37.3 Å². The van der Waals surface area contributed by atoms with Crippen molar-refractivity contribution >= 4 is 16.7 Å². The summed E-state index contributed by atoms with van der Waals surface area (Å²) in [5.74, 6) is 1.80. The summed E-state index contributed by atoms with van der Waals surface area (Å²) in [4.78, 5) is 4.59. The fourth-order valence-electron chi connectivity index (χ4n) is 2.53. The molecular weight excluding hydrogens is 250 g/mol. The molecule has 3 aromatic rings. The molecule has 4 nitrogen and oxygen atoms in total. The minimum Gasteiger partial charge on any atom is -0.497 e. The van der Waals surface area contributed by atoms with E-state index in [0.29, 0.717) is 0 Å². The summed E-state index contributed by atoms with van der Waals surface area (Å²) in [5, 5.41) is 0. The first kappa shape index (κ1) is 12.5. The van der Waals surface area contributed by atoms with Crippen LogP contribution in [-0.4, -0.2) is 16.7 Å². The fourth-order valence-corrected chi connectivity index (χ4v) is 2.53. The van der Waals surface area contributed by atoms with Crippen LogP contribution in [0.4, 0.5) is 5.69 Å². The number of hydrogen-bond donors (Lipinski definition) is 1. The molecule has 2 N–H and O–H groups in total. The van der Waals surface area contributed by atoms with Crippen molar-refractivity contribution in [3.05, 3.63) is 47.8 Å². The number of ether oxygens (including phenoxy) is 1. The van der Waals surface area contributed by atoms with Crippen LogP contribution in [0.15, 0.2) is 36.4 Å². The van der Waals surface area contributed by atoms with Crippen LogP contribution >= 0.6 is 0 Å². The highest BCUT2D eigenvalue weighted by molar-refractivity contribution is 5.81. The Morgan fingerprint density at radius 3 is 2.60 bits per heavy atom. The van der Waals surface area contributed by atoms with Crippen molar-refractivity contribution in [1.29, 1.82) is 0 Å². The fraction of sp³-hybridized carbons (Fsp3) is 0.188. The molecule has 0 unspecified atom stereocenters. The van der Waals surface area contributed by atoms with Gasteiger partial charge in [-0.2, -0.15) is 0 Å². The molecule has 0 saturated carbocycles. The van der Waals surface area contributed by atoms with Crippen molar-refractivity contribution in [2.24, 2.45) is 0 Å². The van der Waals surface area contributed by atoms with E-state index in [2.05, 4.69) is 22.5 Å². The van der Waals surface area contributed by atoms with E-state index in [0.717, 1.165) is 39.5 Å². The minimum atomic E-state index is 0.730. The van der Waals surface area contributed by atoms with Gasteiger partial charge < -0.3 is 10.5 Å². The van der Waals surface area contributed by atoms with Gasteiger partial charge in [0.2, 0.25) is 0 Å². The van der Waals surface area contributed by atoms with Crippen LogP contribution < -0.4 is 10.5 Å². The number of anilines is 1. The molecule has 3 rings (SSSR count). The number of aryl methyl sites for hydroxylation is 2. The molecule has 102 valence electrons. The van der Waals surface area contributed by atoms with Crippen molar-refractivity contribution in [3.63, 3.8) is 0 Å². The highest BCUT2D eigenvalue weighted by atomic mass is 16.5. The van der Waals surface area contributed by atoms with E-state index in [1.165, 1.54) is 0 Å². The Hall–Kier alpha value is -2.49. The van der Waals surface area contributed by atoms with Crippen molar-refractivity contribution in [2.75, 3.05) is 12.8 Å². The summed E-state index contributed by atoms with van der Waals surface area (Å²) in [6.07, 6.45) is 0. The molecule has 0 amide bonds. The average Bonchev–Trinajstić information content (AvgIpc) is 2.73. The van der Waals surface area contributed by atoms with Gasteiger partial charge in [-0.3, -0.25) is 4.57 Å². The lowest BCUT2D eigenvalue weighted by molar-refractivity contribution is 0.414. The van der Waals surface area contributed by atoms with Crippen LogP contribution in [0.5, 0.6) is 5.75 Å². The molecule has 20 heavy (non-hydrogen) atoms. The second kappa shape index (κ2) is 4.56. The predicted octanol–water partition coefficient (Wildman–Crippen LogP) is 3.23. The van der Waals surface area contributed by atoms with Gasteiger partial charge in [0, 0.05) is 5.69 Å². The summed E-state index contributed by atoms with van der Waals surface area (Å²) >= 11 is 0. The Bertz CT molecular complexity index is 790. The Morgan fingerprint density at radius 2 is 1.90 bits per heavy atom. The van der Waals surface area contributed by atoms with Crippen LogP contribution in [0.1, 0.15) is 11.4 Å². The van der Waals surface area contributed by atoms with Crippen LogP contribution in [0.25, 0.3) is 16.7 Å². The lowest BCUT2D eigenvalue weighted by Gasteiger charge is -2.11. The molecule has 0 fully saturated rings. The van der Waals surface area contributed by atoms with Crippen LogP contribution in [-0.2, 0) is 0 Å². The number of benzene rings is 2. The molecule has 1 aromatic heterocycles. The Morgan fingerprint density at radius 1 is 1.10 bits per heavy atom. The van der Waals surface area contributed by atoms with Crippen LogP contribution in [0.3, 0.4) is 0 Å². The number of methoxy groups -OCH3 is 1. The smallest absolute Gasteiger partial charge is 0.119 e. The highest BCUT2D eigenvalue weighted by Crippen LogP contribution is 2.27. The zero-order chi connectivity index (χ0) is 14.3. The molecule has 1 heterocycles. The summed E-state index contributed by atoms with van der Waals surface area (Å²) in [5.41, 5.74) is 10.8. The SMILES string of the molecule is COc1ccc(-n2c(C)nc3cc(N)ccc32)c(C)c1.